The molecule has 13 heavy (non-hydrogen) atoms. The molecule has 0 unspecified atom stereocenters. The predicted octanol–water partition coefficient (Wildman–Crippen LogP) is 1.92. The second-order valence-electron chi connectivity index (χ2n) is 4.34. The highest BCUT2D eigenvalue weighted by Gasteiger charge is 2.23. The van der Waals surface area contributed by atoms with Crippen molar-refractivity contribution in [3.63, 3.8) is 0 Å². The number of hydrogen-bond acceptors (Lipinski definition) is 2. The van der Waals surface area contributed by atoms with Gasteiger partial charge < -0.3 is 0 Å². The summed E-state index contributed by atoms with van der Waals surface area (Å²) >= 11 is 0. The molecule has 3 nitrogen and oxygen atoms in total. The van der Waals surface area contributed by atoms with Gasteiger partial charge in [-0.2, -0.15) is 5.10 Å². The van der Waals surface area contributed by atoms with Gasteiger partial charge in [-0.25, -0.2) is 0 Å². The van der Waals surface area contributed by atoms with E-state index in [9.17, 15) is 4.79 Å². The van der Waals surface area contributed by atoms with Crippen molar-refractivity contribution in [2.45, 2.75) is 33.1 Å². The Labute approximate surface area is 78.8 Å². The zero-order chi connectivity index (χ0) is 10.2. The fraction of sp³-hybridized carbons (Fsp3) is 0.600. The van der Waals surface area contributed by atoms with Gasteiger partial charge in [0.2, 0.25) is 0 Å². The minimum atomic E-state index is -0.0186. The van der Waals surface area contributed by atoms with Gasteiger partial charge in [0.15, 0.2) is 5.78 Å². The largest absolute Gasteiger partial charge is 0.293 e. The van der Waals surface area contributed by atoms with Gasteiger partial charge in [-0.15, -0.1) is 0 Å². The van der Waals surface area contributed by atoms with E-state index in [0.29, 0.717) is 5.69 Å². The third-order valence-electron chi connectivity index (χ3n) is 2.08. The molecule has 0 spiro atoms. The Hall–Kier alpha value is -1.12. The van der Waals surface area contributed by atoms with Crippen LogP contribution >= 0.6 is 0 Å². The van der Waals surface area contributed by atoms with Crippen LogP contribution in [0.25, 0.3) is 0 Å². The fourth-order valence-electron chi connectivity index (χ4n) is 1.40. The lowest BCUT2D eigenvalue weighted by Crippen LogP contribution is -2.16. The summed E-state index contributed by atoms with van der Waals surface area (Å²) in [4.78, 5) is 11.3. The number of Topliss-reactive ketones (excluding diaryl/α,β-unsaturated/α-hetero) is 1. The zero-order valence-corrected chi connectivity index (χ0v) is 8.88. The minimum absolute atomic E-state index is 0.0186. The Kier molecular flexibility index (Phi) is 2.28. The lowest BCUT2D eigenvalue weighted by atomic mass is 9.86. The molecule has 0 bridgehead atoms. The quantitative estimate of drug-likeness (QED) is 0.619. The highest BCUT2D eigenvalue weighted by Crippen LogP contribution is 2.25. The fourth-order valence-corrected chi connectivity index (χ4v) is 1.40. The van der Waals surface area contributed by atoms with Crippen molar-refractivity contribution in [1.82, 2.24) is 9.78 Å². The third-order valence-corrected chi connectivity index (χ3v) is 2.08. The Morgan fingerprint density at radius 3 is 2.31 bits per heavy atom. The van der Waals surface area contributed by atoms with E-state index in [-0.39, 0.29) is 11.2 Å². The van der Waals surface area contributed by atoms with Crippen LogP contribution in [0, 0.1) is 0 Å². The Morgan fingerprint density at radius 1 is 1.46 bits per heavy atom. The molecule has 1 rings (SSSR count). The first-order valence-corrected chi connectivity index (χ1v) is 4.37. The van der Waals surface area contributed by atoms with Crippen molar-refractivity contribution < 1.29 is 4.79 Å². The standard InChI is InChI=1S/C10H16N2O/c1-7(13)9-8(10(2,3)4)6-11-12(9)5/h6H,1-5H3. The van der Waals surface area contributed by atoms with Crippen LogP contribution in [-0.4, -0.2) is 15.6 Å². The lowest BCUT2D eigenvalue weighted by molar-refractivity contribution is 0.100. The summed E-state index contributed by atoms with van der Waals surface area (Å²) in [6, 6.07) is 0. The van der Waals surface area contributed by atoms with Crippen molar-refractivity contribution >= 4 is 5.78 Å². The van der Waals surface area contributed by atoms with Crippen LogP contribution < -0.4 is 0 Å². The van der Waals surface area contributed by atoms with Crippen molar-refractivity contribution in [2.24, 2.45) is 7.05 Å². The summed E-state index contributed by atoms with van der Waals surface area (Å²) in [5.41, 5.74) is 1.71. The van der Waals surface area contributed by atoms with E-state index in [4.69, 9.17) is 0 Å². The molecule has 0 aliphatic heterocycles. The first kappa shape index (κ1) is 9.96. The zero-order valence-electron chi connectivity index (χ0n) is 8.88. The van der Waals surface area contributed by atoms with E-state index in [1.807, 2.05) is 0 Å². The molecule has 0 N–H and O–H groups in total. The monoisotopic (exact) mass is 180 g/mol. The normalized spacial score (nSPS) is 11.8. The van der Waals surface area contributed by atoms with Gasteiger partial charge in [0, 0.05) is 19.5 Å². The second kappa shape index (κ2) is 2.98. The van der Waals surface area contributed by atoms with Gasteiger partial charge >= 0.3 is 0 Å². The molecule has 0 aliphatic rings. The molecular weight excluding hydrogens is 164 g/mol. The van der Waals surface area contributed by atoms with Crippen molar-refractivity contribution in [3.8, 4) is 0 Å². The van der Waals surface area contributed by atoms with Crippen molar-refractivity contribution in [2.75, 3.05) is 0 Å². The van der Waals surface area contributed by atoms with Crippen molar-refractivity contribution in [1.29, 1.82) is 0 Å². The highest BCUT2D eigenvalue weighted by atomic mass is 16.1. The van der Waals surface area contributed by atoms with Gasteiger partial charge in [-0.05, 0) is 5.41 Å². The Bertz CT molecular complexity index is 331. The van der Waals surface area contributed by atoms with Crippen LogP contribution in [0.15, 0.2) is 6.20 Å². The van der Waals surface area contributed by atoms with Gasteiger partial charge in [0.1, 0.15) is 5.69 Å². The van der Waals surface area contributed by atoms with E-state index >= 15 is 0 Å². The molecule has 0 fully saturated rings. The third kappa shape index (κ3) is 1.79. The van der Waals surface area contributed by atoms with Crippen LogP contribution in [0.2, 0.25) is 0 Å². The van der Waals surface area contributed by atoms with Crippen molar-refractivity contribution in [3.05, 3.63) is 17.5 Å². The predicted molar refractivity (Wildman–Crippen MR) is 51.9 cm³/mol. The molecule has 72 valence electrons. The molecule has 0 aliphatic carbocycles. The molecule has 3 heteroatoms. The van der Waals surface area contributed by atoms with Gasteiger partial charge in [-0.3, -0.25) is 9.48 Å². The number of aryl methyl sites for hydroxylation is 1. The van der Waals surface area contributed by atoms with Crippen LogP contribution in [0.1, 0.15) is 43.7 Å². The van der Waals surface area contributed by atoms with Crippen LogP contribution in [0.3, 0.4) is 0 Å². The summed E-state index contributed by atoms with van der Waals surface area (Å²) in [6.07, 6.45) is 1.77. The number of hydrogen-bond donors (Lipinski definition) is 0. The number of nitrogens with zero attached hydrogens (tertiary/aromatic N) is 2. The first-order valence-electron chi connectivity index (χ1n) is 4.37. The van der Waals surface area contributed by atoms with E-state index in [1.54, 1.807) is 24.9 Å². The molecule has 0 aromatic carbocycles. The maximum Gasteiger partial charge on any atom is 0.178 e. The van der Waals surface area contributed by atoms with Crippen LogP contribution in [0.5, 0.6) is 0 Å². The molecule has 0 saturated heterocycles. The average molecular weight is 180 g/mol. The highest BCUT2D eigenvalue weighted by molar-refractivity contribution is 5.94. The summed E-state index contributed by atoms with van der Waals surface area (Å²) in [5.74, 6) is 0.0740. The van der Waals surface area contributed by atoms with E-state index in [1.165, 1.54) is 0 Å². The van der Waals surface area contributed by atoms with E-state index in [2.05, 4.69) is 25.9 Å². The summed E-state index contributed by atoms with van der Waals surface area (Å²) in [5, 5.41) is 4.10. The smallest absolute Gasteiger partial charge is 0.178 e. The number of carbonyl (C=O) groups excluding carboxylic acids is 1. The molecule has 0 amide bonds. The first-order chi connectivity index (χ1) is 5.84. The topological polar surface area (TPSA) is 34.9 Å². The molecule has 1 aromatic rings. The van der Waals surface area contributed by atoms with Gasteiger partial charge in [0.25, 0.3) is 0 Å². The second-order valence-corrected chi connectivity index (χ2v) is 4.34. The maximum absolute atomic E-state index is 11.3. The van der Waals surface area contributed by atoms with Gasteiger partial charge in [0.05, 0.1) is 6.20 Å². The molecule has 0 atom stereocenters. The molecule has 1 heterocycles. The Morgan fingerprint density at radius 2 is 2.00 bits per heavy atom. The van der Waals surface area contributed by atoms with Gasteiger partial charge in [-0.1, -0.05) is 20.8 Å². The van der Waals surface area contributed by atoms with E-state index < -0.39 is 0 Å². The SMILES string of the molecule is CC(=O)c1c(C(C)(C)C)cnn1C. The summed E-state index contributed by atoms with van der Waals surface area (Å²) in [6.45, 7) is 7.82. The molecule has 0 saturated carbocycles. The lowest BCUT2D eigenvalue weighted by Gasteiger charge is -2.17. The summed E-state index contributed by atoms with van der Waals surface area (Å²) < 4.78 is 1.64. The summed E-state index contributed by atoms with van der Waals surface area (Å²) in [7, 11) is 1.80. The number of carbonyl (C=O) groups is 1. The van der Waals surface area contributed by atoms with E-state index in [0.717, 1.165) is 5.56 Å². The maximum atomic E-state index is 11.3. The number of aromatic nitrogens is 2. The average Bonchev–Trinajstić information content (AvgIpc) is 2.28. The Balaban J connectivity index is 3.31. The molecule has 1 aromatic heterocycles. The molecule has 0 radical (unpaired) electrons. The van der Waals surface area contributed by atoms with Crippen LogP contribution in [0.4, 0.5) is 0 Å². The molecular formula is C10H16N2O. The minimum Gasteiger partial charge on any atom is -0.293 e. The number of rotatable bonds is 1. The van der Waals surface area contributed by atoms with Crippen LogP contribution in [-0.2, 0) is 12.5 Å². The number of ketones is 1.